The molecular weight excluding hydrogens is 380 g/mol. The molecule has 2 rings (SSSR count). The van der Waals surface area contributed by atoms with Gasteiger partial charge in [0.25, 0.3) is 5.91 Å². The van der Waals surface area contributed by atoms with Gasteiger partial charge in [0.15, 0.2) is 6.61 Å². The lowest BCUT2D eigenvalue weighted by Gasteiger charge is -2.18. The van der Waals surface area contributed by atoms with Crippen LogP contribution in [0.25, 0.3) is 6.08 Å². The average molecular weight is 405 g/mol. The van der Waals surface area contributed by atoms with E-state index in [-0.39, 0.29) is 12.5 Å². The number of rotatable bonds is 7. The minimum Gasteiger partial charge on any atom is -0.452 e. The van der Waals surface area contributed by atoms with Gasteiger partial charge in [-0.1, -0.05) is 23.7 Å². The summed E-state index contributed by atoms with van der Waals surface area (Å²) in [4.78, 5) is 27.6. The predicted octanol–water partition coefficient (Wildman–Crippen LogP) is 2.66. The van der Waals surface area contributed by atoms with E-state index >= 15 is 0 Å². The van der Waals surface area contributed by atoms with Gasteiger partial charge in [-0.25, -0.2) is 4.79 Å². The van der Waals surface area contributed by atoms with Gasteiger partial charge < -0.3 is 14.5 Å². The maximum atomic E-state index is 12.2. The first-order valence-electron chi connectivity index (χ1n) is 8.73. The van der Waals surface area contributed by atoms with Gasteiger partial charge in [0.1, 0.15) is 5.15 Å². The summed E-state index contributed by atoms with van der Waals surface area (Å²) in [5.41, 5.74) is 3.43. The number of hydrogen-bond donors (Lipinski definition) is 0. The van der Waals surface area contributed by atoms with E-state index < -0.39 is 5.97 Å². The Kier molecular flexibility index (Phi) is 7.23. The number of aryl methyl sites for hydroxylation is 2. The Morgan fingerprint density at radius 3 is 2.39 bits per heavy atom. The highest BCUT2D eigenvalue weighted by Crippen LogP contribution is 2.20. The van der Waals surface area contributed by atoms with Gasteiger partial charge in [0, 0.05) is 52.1 Å². The lowest BCUT2D eigenvalue weighted by atomic mass is 10.2. The van der Waals surface area contributed by atoms with E-state index in [1.165, 1.54) is 21.7 Å². The molecule has 0 atom stereocenters. The van der Waals surface area contributed by atoms with Crippen molar-refractivity contribution < 1.29 is 14.3 Å². The number of likely N-dealkylation sites (N-methyl/N-ethyl adjacent to an activating group) is 1. The van der Waals surface area contributed by atoms with E-state index in [1.807, 2.05) is 43.3 Å². The molecule has 28 heavy (non-hydrogen) atoms. The lowest BCUT2D eigenvalue weighted by Crippen LogP contribution is -2.30. The zero-order valence-electron chi connectivity index (χ0n) is 16.8. The summed E-state index contributed by atoms with van der Waals surface area (Å²) in [6.45, 7) is 1.90. The number of anilines is 1. The van der Waals surface area contributed by atoms with Crippen LogP contribution in [0.2, 0.25) is 5.15 Å². The number of esters is 1. The molecule has 1 aromatic heterocycles. The van der Waals surface area contributed by atoms with Crippen LogP contribution in [-0.2, 0) is 27.9 Å². The number of nitrogens with zero attached hydrogens (tertiary/aromatic N) is 4. The second kappa shape index (κ2) is 9.41. The van der Waals surface area contributed by atoms with E-state index in [0.29, 0.717) is 23.0 Å². The highest BCUT2D eigenvalue weighted by molar-refractivity contribution is 6.31. The first-order valence-corrected chi connectivity index (χ1v) is 9.11. The second-order valence-electron chi connectivity index (χ2n) is 6.67. The van der Waals surface area contributed by atoms with Crippen LogP contribution in [0.4, 0.5) is 5.69 Å². The number of halogens is 1. The molecule has 1 aromatic carbocycles. The summed E-state index contributed by atoms with van der Waals surface area (Å²) in [5.74, 6) is -0.898. The molecule has 0 aliphatic heterocycles. The summed E-state index contributed by atoms with van der Waals surface area (Å²) < 4.78 is 6.55. The van der Waals surface area contributed by atoms with Crippen molar-refractivity contribution in [1.29, 1.82) is 0 Å². The van der Waals surface area contributed by atoms with Crippen LogP contribution >= 0.6 is 11.6 Å². The smallest absolute Gasteiger partial charge is 0.331 e. The molecule has 1 amide bonds. The van der Waals surface area contributed by atoms with E-state index in [0.717, 1.165) is 11.3 Å². The van der Waals surface area contributed by atoms with Crippen molar-refractivity contribution >= 4 is 35.2 Å². The summed E-state index contributed by atoms with van der Waals surface area (Å²) in [7, 11) is 7.33. The number of ether oxygens (including phenoxy) is 1. The summed E-state index contributed by atoms with van der Waals surface area (Å²) in [6.07, 6.45) is 2.77. The van der Waals surface area contributed by atoms with Crippen molar-refractivity contribution in [3.05, 3.63) is 52.3 Å². The number of benzene rings is 1. The van der Waals surface area contributed by atoms with E-state index in [9.17, 15) is 9.59 Å². The second-order valence-corrected chi connectivity index (χ2v) is 7.02. The molecule has 0 bridgehead atoms. The Balaban J connectivity index is 1.85. The SMILES string of the molecule is Cc1nn(C)c(Cl)c1/C=C/C(=O)OCC(=O)N(C)Cc1ccc(N(C)C)cc1. The van der Waals surface area contributed by atoms with Crippen LogP contribution < -0.4 is 4.90 Å². The van der Waals surface area contributed by atoms with Gasteiger partial charge in [-0.15, -0.1) is 0 Å². The fourth-order valence-corrected chi connectivity index (χ4v) is 2.78. The highest BCUT2D eigenvalue weighted by atomic mass is 35.5. The van der Waals surface area contributed by atoms with Crippen molar-refractivity contribution in [2.75, 3.05) is 32.6 Å². The minimum absolute atomic E-state index is 0.283. The number of aromatic nitrogens is 2. The van der Waals surface area contributed by atoms with Gasteiger partial charge in [0.2, 0.25) is 0 Å². The molecule has 2 aromatic rings. The van der Waals surface area contributed by atoms with Crippen LogP contribution in [0.1, 0.15) is 16.8 Å². The molecule has 0 aliphatic rings. The van der Waals surface area contributed by atoms with Gasteiger partial charge in [-0.05, 0) is 30.7 Å². The molecule has 0 saturated carbocycles. The number of amides is 1. The Labute approximate surface area is 170 Å². The maximum absolute atomic E-state index is 12.2. The van der Waals surface area contributed by atoms with Crippen molar-refractivity contribution in [2.45, 2.75) is 13.5 Å². The van der Waals surface area contributed by atoms with Crippen LogP contribution in [-0.4, -0.2) is 54.3 Å². The fourth-order valence-electron chi connectivity index (χ4n) is 2.54. The first-order chi connectivity index (χ1) is 13.2. The molecule has 0 aliphatic carbocycles. The van der Waals surface area contributed by atoms with Crippen molar-refractivity contribution in [2.24, 2.45) is 7.05 Å². The van der Waals surface area contributed by atoms with Gasteiger partial charge >= 0.3 is 5.97 Å². The monoisotopic (exact) mass is 404 g/mol. The normalized spacial score (nSPS) is 10.9. The number of carbonyl (C=O) groups excluding carboxylic acids is 2. The topological polar surface area (TPSA) is 67.7 Å². The van der Waals surface area contributed by atoms with E-state index in [1.54, 1.807) is 21.0 Å². The van der Waals surface area contributed by atoms with E-state index in [2.05, 4.69) is 5.10 Å². The summed E-state index contributed by atoms with van der Waals surface area (Å²) in [6, 6.07) is 7.91. The molecule has 0 unspecified atom stereocenters. The molecule has 0 saturated heterocycles. The Hall–Kier alpha value is -2.80. The first kappa shape index (κ1) is 21.5. The molecule has 0 fully saturated rings. The maximum Gasteiger partial charge on any atom is 0.331 e. The summed E-state index contributed by atoms with van der Waals surface area (Å²) >= 11 is 6.10. The van der Waals surface area contributed by atoms with Crippen LogP contribution in [0, 0.1) is 6.92 Å². The van der Waals surface area contributed by atoms with E-state index in [4.69, 9.17) is 16.3 Å². The Bertz CT molecular complexity index is 872. The highest BCUT2D eigenvalue weighted by Gasteiger charge is 2.13. The largest absolute Gasteiger partial charge is 0.452 e. The fraction of sp³-hybridized carbons (Fsp3) is 0.350. The summed E-state index contributed by atoms with van der Waals surface area (Å²) in [5, 5.41) is 4.59. The third kappa shape index (κ3) is 5.60. The lowest BCUT2D eigenvalue weighted by molar-refractivity contribution is -0.147. The zero-order chi connectivity index (χ0) is 20.8. The molecule has 0 radical (unpaired) electrons. The Morgan fingerprint density at radius 2 is 1.86 bits per heavy atom. The standard InChI is InChI=1S/C20H25ClN4O3/c1-14-17(20(21)25(5)22-14)10-11-19(27)28-13-18(26)24(4)12-15-6-8-16(9-7-15)23(2)3/h6-11H,12-13H2,1-5H3/b11-10+. The molecule has 7 nitrogen and oxygen atoms in total. The third-order valence-corrected chi connectivity index (χ3v) is 4.67. The van der Waals surface area contributed by atoms with Crippen molar-refractivity contribution in [1.82, 2.24) is 14.7 Å². The quantitative estimate of drug-likeness (QED) is 0.524. The van der Waals surface area contributed by atoms with Gasteiger partial charge in [0.05, 0.1) is 5.69 Å². The Morgan fingerprint density at radius 1 is 1.21 bits per heavy atom. The van der Waals surface area contributed by atoms with Gasteiger partial charge in [-0.2, -0.15) is 5.10 Å². The molecule has 0 spiro atoms. The molecular formula is C20H25ClN4O3. The average Bonchev–Trinajstić information content (AvgIpc) is 2.90. The number of hydrogen-bond acceptors (Lipinski definition) is 5. The third-order valence-electron chi connectivity index (χ3n) is 4.22. The zero-order valence-corrected chi connectivity index (χ0v) is 17.5. The van der Waals surface area contributed by atoms with Crippen LogP contribution in [0.5, 0.6) is 0 Å². The van der Waals surface area contributed by atoms with Crippen molar-refractivity contribution in [3.8, 4) is 0 Å². The van der Waals surface area contributed by atoms with Crippen LogP contribution in [0.3, 0.4) is 0 Å². The van der Waals surface area contributed by atoms with Gasteiger partial charge in [-0.3, -0.25) is 9.48 Å². The minimum atomic E-state index is -0.614. The number of carbonyl (C=O) groups is 2. The molecule has 8 heteroatoms. The molecule has 1 heterocycles. The van der Waals surface area contributed by atoms with Crippen molar-refractivity contribution in [3.63, 3.8) is 0 Å². The predicted molar refractivity (Wildman–Crippen MR) is 110 cm³/mol. The molecule has 150 valence electrons. The molecule has 0 N–H and O–H groups in total. The van der Waals surface area contributed by atoms with Crippen LogP contribution in [0.15, 0.2) is 30.3 Å².